The Kier molecular flexibility index (Phi) is 5.87. The third kappa shape index (κ3) is 4.24. The van der Waals surface area contributed by atoms with Gasteiger partial charge in [0.25, 0.3) is 5.91 Å². The van der Waals surface area contributed by atoms with Gasteiger partial charge in [-0.3, -0.25) is 4.79 Å². The molecule has 2 heterocycles. The summed E-state index contributed by atoms with van der Waals surface area (Å²) in [5.74, 6) is 0.265. The number of rotatable bonds is 5. The normalized spacial score (nSPS) is 15.8. The van der Waals surface area contributed by atoms with E-state index in [2.05, 4.69) is 10.3 Å². The van der Waals surface area contributed by atoms with Gasteiger partial charge in [-0.1, -0.05) is 25.8 Å². The Balaban J connectivity index is 1.55. The number of fused-ring (bicyclic) bond motifs is 1. The summed E-state index contributed by atoms with van der Waals surface area (Å²) in [5.41, 5.74) is 2.20. The smallest absolute Gasteiger partial charge is 0.255 e. The number of benzene rings is 2. The van der Waals surface area contributed by atoms with Crippen LogP contribution in [0, 0.1) is 0 Å². The van der Waals surface area contributed by atoms with Crippen LogP contribution in [0.15, 0.2) is 51.8 Å². The molecule has 3 aromatic rings. The lowest BCUT2D eigenvalue weighted by Gasteiger charge is -2.20. The van der Waals surface area contributed by atoms with Crippen LogP contribution in [0.2, 0.25) is 0 Å². The number of sulfonamides is 1. The highest BCUT2D eigenvalue weighted by Crippen LogP contribution is 2.23. The van der Waals surface area contributed by atoms with Crippen LogP contribution in [0.1, 0.15) is 48.9 Å². The van der Waals surface area contributed by atoms with E-state index in [-0.39, 0.29) is 10.8 Å². The van der Waals surface area contributed by atoms with Crippen molar-refractivity contribution >= 4 is 32.7 Å². The zero-order valence-electron chi connectivity index (χ0n) is 16.9. The van der Waals surface area contributed by atoms with Crippen LogP contribution in [-0.2, 0) is 16.4 Å². The predicted octanol–water partition coefficient (Wildman–Crippen LogP) is 4.21. The standard InChI is InChI=1S/C22H25N3O4S/c1-2-21-24-19-15-17(10-11-20(19)29-21)23-22(26)16-8-7-9-18(14-16)30(27,28)25-12-5-3-4-6-13-25/h7-11,14-15H,2-6,12-13H2,1H3,(H,23,26). The first kappa shape index (κ1) is 20.6. The first-order valence-corrected chi connectivity index (χ1v) is 11.7. The van der Waals surface area contributed by atoms with E-state index in [0.29, 0.717) is 47.8 Å². The molecule has 4 rings (SSSR count). The number of nitrogens with zero attached hydrogens (tertiary/aromatic N) is 2. The van der Waals surface area contributed by atoms with E-state index in [9.17, 15) is 13.2 Å². The highest BCUT2D eigenvalue weighted by atomic mass is 32.2. The van der Waals surface area contributed by atoms with E-state index in [1.807, 2.05) is 6.92 Å². The highest BCUT2D eigenvalue weighted by molar-refractivity contribution is 7.89. The quantitative estimate of drug-likeness (QED) is 0.658. The molecule has 30 heavy (non-hydrogen) atoms. The number of hydrogen-bond donors (Lipinski definition) is 1. The molecular weight excluding hydrogens is 402 g/mol. The molecule has 1 fully saturated rings. The van der Waals surface area contributed by atoms with Gasteiger partial charge in [0.1, 0.15) is 5.52 Å². The molecule has 1 amide bonds. The maximum Gasteiger partial charge on any atom is 0.255 e. The van der Waals surface area contributed by atoms with E-state index >= 15 is 0 Å². The number of nitrogens with one attached hydrogen (secondary N) is 1. The molecule has 0 saturated carbocycles. The Morgan fingerprint density at radius 1 is 1.10 bits per heavy atom. The van der Waals surface area contributed by atoms with Gasteiger partial charge >= 0.3 is 0 Å². The molecule has 1 aromatic heterocycles. The minimum absolute atomic E-state index is 0.150. The van der Waals surface area contributed by atoms with Crippen LogP contribution in [0.25, 0.3) is 11.1 Å². The molecule has 1 aliphatic rings. The number of aromatic nitrogens is 1. The molecule has 1 saturated heterocycles. The van der Waals surface area contributed by atoms with Crippen molar-refractivity contribution in [2.24, 2.45) is 0 Å². The van der Waals surface area contributed by atoms with E-state index in [1.165, 1.54) is 10.4 Å². The van der Waals surface area contributed by atoms with Crippen LogP contribution >= 0.6 is 0 Å². The van der Waals surface area contributed by atoms with Crippen molar-refractivity contribution in [3.05, 3.63) is 53.9 Å². The number of carbonyl (C=O) groups is 1. The summed E-state index contributed by atoms with van der Waals surface area (Å²) in [5, 5.41) is 2.82. The average molecular weight is 428 g/mol. The first-order chi connectivity index (χ1) is 14.5. The molecule has 0 unspecified atom stereocenters. The summed E-state index contributed by atoms with van der Waals surface area (Å²) >= 11 is 0. The third-order valence-corrected chi connectivity index (χ3v) is 7.19. The van der Waals surface area contributed by atoms with E-state index in [0.717, 1.165) is 25.7 Å². The van der Waals surface area contributed by atoms with Crippen molar-refractivity contribution in [3.8, 4) is 0 Å². The molecule has 7 nitrogen and oxygen atoms in total. The average Bonchev–Trinajstić information content (AvgIpc) is 2.96. The van der Waals surface area contributed by atoms with Crippen molar-refractivity contribution in [2.75, 3.05) is 18.4 Å². The number of aryl methyl sites for hydroxylation is 1. The Bertz CT molecular complexity index is 1160. The molecule has 8 heteroatoms. The summed E-state index contributed by atoms with van der Waals surface area (Å²) < 4.78 is 33.2. The summed E-state index contributed by atoms with van der Waals surface area (Å²) in [6, 6.07) is 11.5. The van der Waals surface area contributed by atoms with Gasteiger partial charge < -0.3 is 9.73 Å². The lowest BCUT2D eigenvalue weighted by molar-refractivity contribution is 0.102. The summed E-state index contributed by atoms with van der Waals surface area (Å²) in [4.78, 5) is 17.3. The summed E-state index contributed by atoms with van der Waals surface area (Å²) in [6.07, 6.45) is 4.51. The van der Waals surface area contributed by atoms with Gasteiger partial charge in [-0.15, -0.1) is 0 Å². The monoisotopic (exact) mass is 427 g/mol. The van der Waals surface area contributed by atoms with Crippen LogP contribution in [0.3, 0.4) is 0 Å². The number of hydrogen-bond acceptors (Lipinski definition) is 5. The number of amides is 1. The number of carbonyl (C=O) groups excluding carboxylic acids is 1. The van der Waals surface area contributed by atoms with Gasteiger partial charge in [0.05, 0.1) is 4.90 Å². The second-order valence-electron chi connectivity index (χ2n) is 7.44. The van der Waals surface area contributed by atoms with Crippen molar-refractivity contribution in [1.82, 2.24) is 9.29 Å². The molecule has 0 bridgehead atoms. The van der Waals surface area contributed by atoms with Crippen molar-refractivity contribution < 1.29 is 17.6 Å². The molecule has 2 aromatic carbocycles. The maximum atomic E-state index is 13.0. The molecule has 1 aliphatic heterocycles. The van der Waals surface area contributed by atoms with Crippen LogP contribution in [0.4, 0.5) is 5.69 Å². The van der Waals surface area contributed by atoms with Crippen LogP contribution in [-0.4, -0.2) is 36.7 Å². The molecular formula is C22H25N3O4S. The fraction of sp³-hybridized carbons (Fsp3) is 0.364. The second-order valence-corrected chi connectivity index (χ2v) is 9.38. The maximum absolute atomic E-state index is 13.0. The molecule has 1 N–H and O–H groups in total. The van der Waals surface area contributed by atoms with Gasteiger partial charge in [0.15, 0.2) is 11.5 Å². The molecule has 158 valence electrons. The highest BCUT2D eigenvalue weighted by Gasteiger charge is 2.25. The fourth-order valence-corrected chi connectivity index (χ4v) is 5.20. The Morgan fingerprint density at radius 3 is 2.60 bits per heavy atom. The van der Waals surface area contributed by atoms with Crippen molar-refractivity contribution in [3.63, 3.8) is 0 Å². The van der Waals surface area contributed by atoms with E-state index < -0.39 is 10.0 Å². The van der Waals surface area contributed by atoms with Gasteiger partial charge in [-0.05, 0) is 49.2 Å². The lowest BCUT2D eigenvalue weighted by Crippen LogP contribution is -2.32. The largest absolute Gasteiger partial charge is 0.441 e. The fourth-order valence-electron chi connectivity index (χ4n) is 3.64. The Labute approximate surface area is 176 Å². The van der Waals surface area contributed by atoms with Crippen LogP contribution in [0.5, 0.6) is 0 Å². The molecule has 0 spiro atoms. The van der Waals surface area contributed by atoms with E-state index in [1.54, 1.807) is 36.4 Å². The number of anilines is 1. The second kappa shape index (κ2) is 8.57. The van der Waals surface area contributed by atoms with Gasteiger partial charge in [0, 0.05) is 30.8 Å². The minimum Gasteiger partial charge on any atom is -0.441 e. The topological polar surface area (TPSA) is 92.5 Å². The Morgan fingerprint density at radius 2 is 1.87 bits per heavy atom. The zero-order valence-corrected chi connectivity index (χ0v) is 17.7. The van der Waals surface area contributed by atoms with Gasteiger partial charge in [-0.2, -0.15) is 4.31 Å². The number of oxazole rings is 1. The minimum atomic E-state index is -3.61. The van der Waals surface area contributed by atoms with Gasteiger partial charge in [-0.25, -0.2) is 13.4 Å². The summed E-state index contributed by atoms with van der Waals surface area (Å²) in [6.45, 7) is 3.01. The van der Waals surface area contributed by atoms with E-state index in [4.69, 9.17) is 4.42 Å². The third-order valence-electron chi connectivity index (χ3n) is 5.29. The van der Waals surface area contributed by atoms with Crippen LogP contribution < -0.4 is 5.32 Å². The summed E-state index contributed by atoms with van der Waals surface area (Å²) in [7, 11) is -3.61. The zero-order chi connectivity index (χ0) is 21.1. The molecule has 0 radical (unpaired) electrons. The van der Waals surface area contributed by atoms with Gasteiger partial charge in [0.2, 0.25) is 10.0 Å². The predicted molar refractivity (Wildman–Crippen MR) is 115 cm³/mol. The SMILES string of the molecule is CCc1nc2cc(NC(=O)c3cccc(S(=O)(=O)N4CCCCCC4)c3)ccc2o1. The van der Waals surface area contributed by atoms with Crippen molar-refractivity contribution in [2.45, 2.75) is 43.9 Å². The lowest BCUT2D eigenvalue weighted by atomic mass is 10.2. The Hall–Kier alpha value is -2.71. The molecule has 0 aliphatic carbocycles. The van der Waals surface area contributed by atoms with Crippen molar-refractivity contribution in [1.29, 1.82) is 0 Å². The first-order valence-electron chi connectivity index (χ1n) is 10.3. The molecule has 0 atom stereocenters.